The van der Waals surface area contributed by atoms with Crippen LogP contribution in [0.3, 0.4) is 0 Å². The molecule has 0 aromatic carbocycles. The topological polar surface area (TPSA) is 117 Å². The fraction of sp³-hybridized carbons (Fsp3) is 0.947. The van der Waals surface area contributed by atoms with Crippen molar-refractivity contribution in [3.05, 3.63) is 0 Å². The average molecular weight is 908 g/mol. The Kier molecular flexibility index (Phi) is 83.9. The van der Waals surface area contributed by atoms with Gasteiger partial charge in [-0.1, -0.05) is 120 Å². The molecule has 0 heterocycles. The van der Waals surface area contributed by atoms with Gasteiger partial charge < -0.3 is 40.7 Å². The van der Waals surface area contributed by atoms with Crippen molar-refractivity contribution in [3.63, 3.8) is 0 Å². The smallest absolute Gasteiger partial charge is 0.312 e. The SMILES string of the molecule is CCCCOP(OCCCC)OCCCC.CCCCOP(OCCCC)OCCCC.CCCCOP(OCCCC)OCCCC.[C]=O.[C]=O.[Ru]. The number of carbonyl (C=O) groups excluding carboxylic acids is 2. The first-order valence-corrected chi connectivity index (χ1v) is 23.3. The van der Waals surface area contributed by atoms with Crippen LogP contribution in [0.25, 0.3) is 0 Å². The minimum atomic E-state index is -1.10. The van der Waals surface area contributed by atoms with Crippen LogP contribution < -0.4 is 0 Å². The summed E-state index contributed by atoms with van der Waals surface area (Å²) in [4.78, 5) is 15.0. The Morgan fingerprint density at radius 1 is 0.264 bits per heavy atom. The Hall–Kier alpha value is 0.893. The molecule has 0 aliphatic rings. The Labute approximate surface area is 345 Å². The first-order chi connectivity index (χ1) is 25.5. The van der Waals surface area contributed by atoms with Gasteiger partial charge in [0.15, 0.2) is 0 Å². The van der Waals surface area contributed by atoms with Crippen LogP contribution >= 0.6 is 25.8 Å². The van der Waals surface area contributed by atoms with Crippen molar-refractivity contribution in [1.82, 2.24) is 0 Å². The summed E-state index contributed by atoms with van der Waals surface area (Å²) < 4.78 is 50.4. The van der Waals surface area contributed by atoms with Gasteiger partial charge in [0.1, 0.15) is 0 Å². The van der Waals surface area contributed by atoms with Crippen LogP contribution in [0, 0.1) is 0 Å². The Balaban J connectivity index is -0.000000148. The van der Waals surface area contributed by atoms with Gasteiger partial charge in [-0.05, 0) is 57.8 Å². The van der Waals surface area contributed by atoms with Gasteiger partial charge in [0, 0.05) is 19.5 Å². The molecule has 0 aliphatic heterocycles. The molecular weight excluding hydrogens is 826 g/mol. The van der Waals surface area contributed by atoms with Gasteiger partial charge in [-0.3, -0.25) is 9.59 Å². The summed E-state index contributed by atoms with van der Waals surface area (Å²) in [5, 5.41) is 0. The maximum Gasteiger partial charge on any atom is 0.332 e. The van der Waals surface area contributed by atoms with Gasteiger partial charge in [-0.2, -0.15) is 0 Å². The molecule has 0 atom stereocenters. The van der Waals surface area contributed by atoms with E-state index in [4.69, 9.17) is 50.3 Å². The van der Waals surface area contributed by atoms with E-state index in [1.807, 2.05) is 0 Å². The molecule has 11 nitrogen and oxygen atoms in total. The van der Waals surface area contributed by atoms with Gasteiger partial charge in [-0.25, -0.2) is 0 Å². The molecular formula is C38H81O11P3Ru. The third kappa shape index (κ3) is 65.0. The van der Waals surface area contributed by atoms with Crippen LogP contribution in [0.15, 0.2) is 0 Å². The minimum Gasteiger partial charge on any atom is -0.312 e. The van der Waals surface area contributed by atoms with Crippen molar-refractivity contribution < 1.29 is 69.8 Å². The molecule has 0 aliphatic carbocycles. The summed E-state index contributed by atoms with van der Waals surface area (Å²) in [7, 11) is -3.29. The molecule has 0 aromatic rings. The quantitative estimate of drug-likeness (QED) is 0.0340. The fourth-order valence-electron chi connectivity index (χ4n) is 2.89. The number of unbranched alkanes of at least 4 members (excludes halogenated alkanes) is 9. The molecule has 0 bridgehead atoms. The van der Waals surface area contributed by atoms with E-state index in [2.05, 4.69) is 75.9 Å². The molecule has 0 fully saturated rings. The molecule has 0 spiro atoms. The molecule has 4 radical (unpaired) electrons. The van der Waals surface area contributed by atoms with Gasteiger partial charge >= 0.3 is 25.8 Å². The number of hydrogen-bond donors (Lipinski definition) is 0. The van der Waals surface area contributed by atoms with Crippen molar-refractivity contribution in [2.45, 2.75) is 178 Å². The normalized spacial score (nSPS) is 10.3. The molecule has 0 unspecified atom stereocenters. The van der Waals surface area contributed by atoms with E-state index >= 15 is 0 Å². The Morgan fingerprint density at radius 2 is 0.358 bits per heavy atom. The first-order valence-electron chi connectivity index (χ1n) is 20.0. The minimum absolute atomic E-state index is 0. The second kappa shape index (κ2) is 67.6. The van der Waals surface area contributed by atoms with Crippen molar-refractivity contribution in [1.29, 1.82) is 0 Å². The van der Waals surface area contributed by atoms with Gasteiger partial charge in [0.2, 0.25) is 0 Å². The van der Waals surface area contributed by atoms with Crippen LogP contribution in [0.4, 0.5) is 0 Å². The van der Waals surface area contributed by atoms with Crippen LogP contribution in [0.1, 0.15) is 178 Å². The van der Waals surface area contributed by atoms with E-state index in [1.165, 1.54) is 0 Å². The van der Waals surface area contributed by atoms with Gasteiger partial charge in [0.05, 0.1) is 59.5 Å². The monoisotopic (exact) mass is 908 g/mol. The molecule has 0 saturated carbocycles. The summed E-state index contributed by atoms with van der Waals surface area (Å²) in [6, 6.07) is 0. The number of hydrogen-bond acceptors (Lipinski definition) is 11. The summed E-state index contributed by atoms with van der Waals surface area (Å²) in [5.41, 5.74) is 0. The van der Waals surface area contributed by atoms with E-state index in [-0.39, 0.29) is 19.5 Å². The van der Waals surface area contributed by atoms with E-state index in [0.717, 1.165) is 175 Å². The van der Waals surface area contributed by atoms with Crippen molar-refractivity contribution >= 4 is 39.4 Å². The third-order valence-corrected chi connectivity index (χ3v) is 9.79. The second-order valence-electron chi connectivity index (χ2n) is 11.4. The zero-order valence-corrected chi connectivity index (χ0v) is 39.7. The zero-order chi connectivity index (χ0) is 40.2. The molecule has 0 amide bonds. The average Bonchev–Trinajstić information content (AvgIpc) is 3.17. The van der Waals surface area contributed by atoms with Crippen LogP contribution in [-0.2, 0) is 69.8 Å². The predicted octanol–water partition coefficient (Wildman–Crippen LogP) is 13.2. The van der Waals surface area contributed by atoms with E-state index in [1.54, 1.807) is 0 Å². The first kappa shape index (κ1) is 65.7. The summed E-state index contributed by atoms with van der Waals surface area (Å²) in [5.74, 6) is 0. The second-order valence-corrected chi connectivity index (χ2v) is 15.0. The van der Waals surface area contributed by atoms with Gasteiger partial charge in [-0.15, -0.1) is 0 Å². The largest absolute Gasteiger partial charge is 0.332 e. The maximum atomic E-state index is 7.50. The summed E-state index contributed by atoms with van der Waals surface area (Å²) in [6.07, 6.45) is 20.0. The maximum absolute atomic E-state index is 7.50. The van der Waals surface area contributed by atoms with Crippen molar-refractivity contribution in [2.75, 3.05) is 59.5 Å². The van der Waals surface area contributed by atoms with E-state index in [0.29, 0.717) is 0 Å². The zero-order valence-electron chi connectivity index (χ0n) is 35.3. The molecule has 0 saturated heterocycles. The molecule has 53 heavy (non-hydrogen) atoms. The Morgan fingerprint density at radius 3 is 0.434 bits per heavy atom. The van der Waals surface area contributed by atoms with Crippen LogP contribution in [-0.4, -0.2) is 73.0 Å². The van der Waals surface area contributed by atoms with E-state index < -0.39 is 25.8 Å². The summed E-state index contributed by atoms with van der Waals surface area (Å²) in [6.45, 7) is 35.1. The van der Waals surface area contributed by atoms with Crippen LogP contribution in [0.2, 0.25) is 0 Å². The summed E-state index contributed by atoms with van der Waals surface area (Å²) >= 11 is 0. The van der Waals surface area contributed by atoms with E-state index in [9.17, 15) is 0 Å². The van der Waals surface area contributed by atoms with Gasteiger partial charge in [0.25, 0.3) is 13.6 Å². The molecule has 15 heteroatoms. The fourth-order valence-corrected chi connectivity index (χ4v) is 6.06. The molecule has 0 aromatic heterocycles. The Bertz CT molecular complexity index is 439. The molecule has 0 rings (SSSR count). The van der Waals surface area contributed by atoms with Crippen LogP contribution in [0.5, 0.6) is 0 Å². The molecule has 0 N–H and O–H groups in total. The predicted molar refractivity (Wildman–Crippen MR) is 220 cm³/mol. The standard InChI is InChI=1S/3C12H27O3P.2CO.Ru/c3*1-4-7-10-13-16(14-11-8-5-2)15-12-9-6-3;2*1-2;/h3*4-12H2,1-3H3;;;. The third-order valence-electron chi connectivity index (χ3n) is 6.25. The van der Waals surface area contributed by atoms with Crippen molar-refractivity contribution in [2.24, 2.45) is 0 Å². The van der Waals surface area contributed by atoms with Crippen molar-refractivity contribution in [3.8, 4) is 0 Å². The molecule has 322 valence electrons. The number of rotatable bonds is 36.